The standard InChI is InChI=1S/C17H13N5OS/c1-9-5-11(6-10-3-2-4-19-14(9)10)21-16(23)12-8-24-13-7-20-17(18)22-15(12)13/h2-8H,1H3,(H,21,23)(H2,18,20,22). The van der Waals surface area contributed by atoms with Gasteiger partial charge in [0.1, 0.15) is 0 Å². The summed E-state index contributed by atoms with van der Waals surface area (Å²) in [6.45, 7) is 1.97. The number of hydrogen-bond acceptors (Lipinski definition) is 6. The summed E-state index contributed by atoms with van der Waals surface area (Å²) in [5.74, 6) is -0.0652. The van der Waals surface area contributed by atoms with Gasteiger partial charge in [-0.15, -0.1) is 11.3 Å². The van der Waals surface area contributed by atoms with Crippen LogP contribution in [0.3, 0.4) is 0 Å². The van der Waals surface area contributed by atoms with Crippen molar-refractivity contribution in [2.75, 3.05) is 11.1 Å². The topological polar surface area (TPSA) is 93.8 Å². The third kappa shape index (κ3) is 2.44. The highest BCUT2D eigenvalue weighted by Gasteiger charge is 2.15. The SMILES string of the molecule is Cc1cc(NC(=O)c2csc3cnc(N)nc23)cc2cccnc12. The molecule has 4 aromatic rings. The first-order valence-corrected chi connectivity index (χ1v) is 8.16. The fourth-order valence-corrected chi connectivity index (χ4v) is 3.49. The Morgan fingerprint density at radius 3 is 3.00 bits per heavy atom. The minimum atomic E-state index is -0.220. The van der Waals surface area contributed by atoms with Gasteiger partial charge >= 0.3 is 0 Å². The summed E-state index contributed by atoms with van der Waals surface area (Å²) in [6, 6.07) is 7.66. The van der Waals surface area contributed by atoms with Crippen molar-refractivity contribution < 1.29 is 4.79 Å². The molecule has 3 aromatic heterocycles. The quantitative estimate of drug-likeness (QED) is 0.585. The van der Waals surface area contributed by atoms with Gasteiger partial charge < -0.3 is 11.1 Å². The lowest BCUT2D eigenvalue weighted by Crippen LogP contribution is -2.12. The molecule has 0 radical (unpaired) electrons. The molecule has 118 valence electrons. The number of nitrogens with zero attached hydrogens (tertiary/aromatic N) is 3. The highest BCUT2D eigenvalue weighted by Crippen LogP contribution is 2.26. The number of pyridine rings is 1. The van der Waals surface area contributed by atoms with Crippen molar-refractivity contribution in [1.29, 1.82) is 0 Å². The summed E-state index contributed by atoms with van der Waals surface area (Å²) >= 11 is 1.42. The van der Waals surface area contributed by atoms with E-state index in [1.165, 1.54) is 11.3 Å². The van der Waals surface area contributed by atoms with Crippen LogP contribution in [-0.4, -0.2) is 20.9 Å². The number of hydrogen-bond donors (Lipinski definition) is 2. The lowest BCUT2D eigenvalue weighted by atomic mass is 10.1. The molecule has 3 N–H and O–H groups in total. The molecular formula is C17H13N5OS. The smallest absolute Gasteiger partial charge is 0.258 e. The Balaban J connectivity index is 1.72. The van der Waals surface area contributed by atoms with Crippen molar-refractivity contribution >= 4 is 50.0 Å². The van der Waals surface area contributed by atoms with Crippen LogP contribution >= 0.6 is 11.3 Å². The number of carbonyl (C=O) groups excluding carboxylic acids is 1. The van der Waals surface area contributed by atoms with Crippen LogP contribution in [0.5, 0.6) is 0 Å². The maximum Gasteiger partial charge on any atom is 0.258 e. The fourth-order valence-electron chi connectivity index (χ4n) is 2.65. The molecule has 0 atom stereocenters. The van der Waals surface area contributed by atoms with Gasteiger partial charge in [-0.2, -0.15) is 0 Å². The van der Waals surface area contributed by atoms with E-state index in [9.17, 15) is 4.79 Å². The molecule has 0 aliphatic rings. The van der Waals surface area contributed by atoms with Gasteiger partial charge in [0.15, 0.2) is 0 Å². The number of amides is 1. The van der Waals surface area contributed by atoms with Crippen LogP contribution in [0.2, 0.25) is 0 Å². The molecule has 6 nitrogen and oxygen atoms in total. The van der Waals surface area contributed by atoms with E-state index in [2.05, 4.69) is 20.3 Å². The van der Waals surface area contributed by atoms with Gasteiger partial charge in [-0.1, -0.05) is 6.07 Å². The van der Waals surface area contributed by atoms with Gasteiger partial charge in [0.05, 0.1) is 27.5 Å². The Morgan fingerprint density at radius 1 is 1.25 bits per heavy atom. The van der Waals surface area contributed by atoms with Gasteiger partial charge in [0.2, 0.25) is 5.95 Å². The molecule has 0 aliphatic heterocycles. The van der Waals surface area contributed by atoms with E-state index >= 15 is 0 Å². The minimum absolute atomic E-state index is 0.155. The molecule has 0 spiro atoms. The summed E-state index contributed by atoms with van der Waals surface area (Å²) in [6.07, 6.45) is 3.39. The Hall–Kier alpha value is -3.06. The van der Waals surface area contributed by atoms with E-state index < -0.39 is 0 Å². The third-order valence-electron chi connectivity index (χ3n) is 3.73. The highest BCUT2D eigenvalue weighted by atomic mass is 32.1. The maximum atomic E-state index is 12.6. The molecule has 24 heavy (non-hydrogen) atoms. The van der Waals surface area contributed by atoms with Crippen LogP contribution in [0.1, 0.15) is 15.9 Å². The van der Waals surface area contributed by atoms with Crippen LogP contribution in [0, 0.1) is 6.92 Å². The molecule has 4 rings (SSSR count). The van der Waals surface area contributed by atoms with E-state index in [1.807, 2.05) is 31.2 Å². The van der Waals surface area contributed by atoms with Gasteiger partial charge in [-0.05, 0) is 30.7 Å². The summed E-state index contributed by atoms with van der Waals surface area (Å²) in [5, 5.41) is 5.68. The van der Waals surface area contributed by atoms with Crippen molar-refractivity contribution in [1.82, 2.24) is 15.0 Å². The van der Waals surface area contributed by atoms with E-state index in [4.69, 9.17) is 5.73 Å². The molecule has 0 fully saturated rings. The Morgan fingerprint density at radius 2 is 2.12 bits per heavy atom. The number of nitrogen functional groups attached to an aromatic ring is 1. The average molecular weight is 335 g/mol. The highest BCUT2D eigenvalue weighted by molar-refractivity contribution is 7.17. The molecule has 1 aromatic carbocycles. The zero-order chi connectivity index (χ0) is 16.7. The lowest BCUT2D eigenvalue weighted by Gasteiger charge is -2.08. The number of nitrogens with two attached hydrogens (primary N) is 1. The van der Waals surface area contributed by atoms with E-state index in [0.717, 1.165) is 26.9 Å². The van der Waals surface area contributed by atoms with Gasteiger partial charge in [0, 0.05) is 22.7 Å². The molecule has 1 amide bonds. The molecule has 7 heteroatoms. The first kappa shape index (κ1) is 14.5. The molecule has 0 saturated carbocycles. The second-order valence-electron chi connectivity index (χ2n) is 5.41. The number of aromatic nitrogens is 3. The van der Waals surface area contributed by atoms with Gasteiger partial charge in [-0.3, -0.25) is 9.78 Å². The predicted molar refractivity (Wildman–Crippen MR) is 96.3 cm³/mol. The molecule has 0 bridgehead atoms. The van der Waals surface area contributed by atoms with Crippen LogP contribution in [0.4, 0.5) is 11.6 Å². The van der Waals surface area contributed by atoms with Crippen LogP contribution in [0.15, 0.2) is 42.0 Å². The average Bonchev–Trinajstić information content (AvgIpc) is 2.98. The second-order valence-corrected chi connectivity index (χ2v) is 6.32. The normalized spacial score (nSPS) is 11.0. The van der Waals surface area contributed by atoms with Crippen molar-refractivity contribution in [3.05, 3.63) is 53.2 Å². The minimum Gasteiger partial charge on any atom is -0.368 e. The second kappa shape index (κ2) is 5.54. The first-order chi connectivity index (χ1) is 11.6. The fraction of sp³-hybridized carbons (Fsp3) is 0.0588. The summed E-state index contributed by atoms with van der Waals surface area (Å²) in [4.78, 5) is 25.1. The van der Waals surface area contributed by atoms with E-state index in [1.54, 1.807) is 17.8 Å². The van der Waals surface area contributed by atoms with Crippen molar-refractivity contribution in [3.8, 4) is 0 Å². The Bertz CT molecular complexity index is 1090. The molecule has 3 heterocycles. The summed E-state index contributed by atoms with van der Waals surface area (Å²) in [5.41, 5.74) is 9.35. The monoisotopic (exact) mass is 335 g/mol. The Kier molecular flexibility index (Phi) is 3.35. The first-order valence-electron chi connectivity index (χ1n) is 7.28. The number of thiophene rings is 1. The van der Waals surface area contributed by atoms with Crippen molar-refractivity contribution in [2.24, 2.45) is 0 Å². The van der Waals surface area contributed by atoms with E-state index in [-0.39, 0.29) is 11.9 Å². The Labute approximate surface area is 141 Å². The zero-order valence-corrected chi connectivity index (χ0v) is 13.6. The largest absolute Gasteiger partial charge is 0.368 e. The summed E-state index contributed by atoms with van der Waals surface area (Å²) < 4.78 is 0.827. The lowest BCUT2D eigenvalue weighted by molar-refractivity contribution is 0.102. The summed E-state index contributed by atoms with van der Waals surface area (Å²) in [7, 11) is 0. The van der Waals surface area contributed by atoms with Crippen LogP contribution in [0.25, 0.3) is 21.1 Å². The number of anilines is 2. The van der Waals surface area contributed by atoms with E-state index in [0.29, 0.717) is 11.1 Å². The number of rotatable bonds is 2. The zero-order valence-electron chi connectivity index (χ0n) is 12.8. The molecule has 0 unspecified atom stereocenters. The number of fused-ring (bicyclic) bond motifs is 2. The van der Waals surface area contributed by atoms with Crippen LogP contribution < -0.4 is 11.1 Å². The van der Waals surface area contributed by atoms with Crippen molar-refractivity contribution in [2.45, 2.75) is 6.92 Å². The molecular weight excluding hydrogens is 322 g/mol. The predicted octanol–water partition coefficient (Wildman–Crippen LogP) is 3.38. The van der Waals surface area contributed by atoms with Crippen molar-refractivity contribution in [3.63, 3.8) is 0 Å². The van der Waals surface area contributed by atoms with Gasteiger partial charge in [-0.25, -0.2) is 9.97 Å². The van der Waals surface area contributed by atoms with Crippen LogP contribution in [-0.2, 0) is 0 Å². The number of carbonyl (C=O) groups is 1. The van der Waals surface area contributed by atoms with Gasteiger partial charge in [0.25, 0.3) is 5.91 Å². The molecule has 0 saturated heterocycles. The number of aryl methyl sites for hydroxylation is 1. The third-order valence-corrected chi connectivity index (χ3v) is 4.64. The number of nitrogens with one attached hydrogen (secondary N) is 1. The number of benzene rings is 1. The molecule has 0 aliphatic carbocycles. The maximum absolute atomic E-state index is 12.6.